The Hall–Kier alpha value is -1.69. The molecule has 2 aromatic rings. The SMILES string of the molecule is O=C(O)c1cnc2nc(CCl)n(CC3(CF)CC3)c2c1. The Labute approximate surface area is 119 Å². The lowest BCUT2D eigenvalue weighted by atomic mass is 10.1. The van der Waals surface area contributed by atoms with E-state index in [2.05, 4.69) is 9.97 Å². The second kappa shape index (κ2) is 4.70. The predicted molar refractivity (Wildman–Crippen MR) is 71.7 cm³/mol. The predicted octanol–water partition coefficient (Wildman–Crippen LogP) is 2.62. The first-order valence-electron chi connectivity index (χ1n) is 6.29. The summed E-state index contributed by atoms with van der Waals surface area (Å²) in [6.45, 7) is 0.0766. The fraction of sp³-hybridized carbons (Fsp3) is 0.462. The molecule has 1 fully saturated rings. The van der Waals surface area contributed by atoms with Crippen molar-refractivity contribution in [3.63, 3.8) is 0 Å². The van der Waals surface area contributed by atoms with Gasteiger partial charge < -0.3 is 9.67 Å². The third-order valence-corrected chi connectivity index (χ3v) is 4.02. The zero-order valence-corrected chi connectivity index (χ0v) is 11.4. The van der Waals surface area contributed by atoms with Crippen LogP contribution in [0, 0.1) is 5.41 Å². The number of pyridine rings is 1. The molecule has 1 saturated carbocycles. The summed E-state index contributed by atoms with van der Waals surface area (Å²) < 4.78 is 14.9. The van der Waals surface area contributed by atoms with Gasteiger partial charge in [-0.05, 0) is 18.9 Å². The zero-order chi connectivity index (χ0) is 14.3. The number of fused-ring (bicyclic) bond motifs is 1. The molecule has 5 nitrogen and oxygen atoms in total. The van der Waals surface area contributed by atoms with E-state index in [1.165, 1.54) is 12.3 Å². The lowest BCUT2D eigenvalue weighted by Crippen LogP contribution is -2.15. The third-order valence-electron chi connectivity index (χ3n) is 3.79. The van der Waals surface area contributed by atoms with Crippen molar-refractivity contribution >= 4 is 28.7 Å². The molecule has 0 bridgehead atoms. The van der Waals surface area contributed by atoms with Crippen LogP contribution in [-0.4, -0.2) is 32.3 Å². The number of aromatic carboxylic acids is 1. The molecule has 1 N–H and O–H groups in total. The second-order valence-corrected chi connectivity index (χ2v) is 5.52. The molecule has 7 heteroatoms. The van der Waals surface area contributed by atoms with Crippen molar-refractivity contribution in [2.45, 2.75) is 25.3 Å². The lowest BCUT2D eigenvalue weighted by molar-refractivity contribution is 0.0696. The number of halogens is 2. The summed E-state index contributed by atoms with van der Waals surface area (Å²) in [5, 5.41) is 9.03. The van der Waals surface area contributed by atoms with Crippen molar-refractivity contribution in [2.75, 3.05) is 6.67 Å². The van der Waals surface area contributed by atoms with E-state index in [-0.39, 0.29) is 23.5 Å². The molecule has 0 aliphatic heterocycles. The zero-order valence-electron chi connectivity index (χ0n) is 10.6. The van der Waals surface area contributed by atoms with E-state index in [0.29, 0.717) is 23.5 Å². The van der Waals surface area contributed by atoms with E-state index in [1.54, 1.807) is 4.57 Å². The molecule has 0 aromatic carbocycles. The molecule has 1 aliphatic carbocycles. The maximum atomic E-state index is 13.1. The molecule has 0 unspecified atom stereocenters. The van der Waals surface area contributed by atoms with Gasteiger partial charge in [0.2, 0.25) is 0 Å². The Balaban J connectivity index is 2.11. The van der Waals surface area contributed by atoms with Gasteiger partial charge in [-0.1, -0.05) is 0 Å². The molecule has 0 spiro atoms. The van der Waals surface area contributed by atoms with Crippen molar-refractivity contribution in [2.24, 2.45) is 5.41 Å². The van der Waals surface area contributed by atoms with Gasteiger partial charge in [-0.2, -0.15) is 0 Å². The Kier molecular flexibility index (Phi) is 3.12. The number of hydrogen-bond acceptors (Lipinski definition) is 3. The van der Waals surface area contributed by atoms with E-state index < -0.39 is 5.97 Å². The Bertz CT molecular complexity index is 682. The van der Waals surface area contributed by atoms with E-state index in [1.807, 2.05) is 0 Å². The highest BCUT2D eigenvalue weighted by atomic mass is 35.5. The topological polar surface area (TPSA) is 68.0 Å². The number of carbonyl (C=O) groups is 1. The standard InChI is InChI=1S/C13H13ClFN3O2/c14-4-10-17-11-9(3-8(5-16-11)12(19)20)18(10)7-13(6-15)1-2-13/h3,5H,1-2,4,6-7H2,(H,19,20). The minimum Gasteiger partial charge on any atom is -0.478 e. The number of imidazole rings is 1. The molecule has 2 aromatic heterocycles. The van der Waals surface area contributed by atoms with Crippen LogP contribution in [-0.2, 0) is 12.4 Å². The molecule has 0 atom stereocenters. The number of hydrogen-bond donors (Lipinski definition) is 1. The van der Waals surface area contributed by atoms with Crippen LogP contribution in [0.15, 0.2) is 12.3 Å². The third kappa shape index (κ3) is 2.14. The van der Waals surface area contributed by atoms with Gasteiger partial charge in [0.1, 0.15) is 5.82 Å². The van der Waals surface area contributed by atoms with Crippen LogP contribution in [0.5, 0.6) is 0 Å². The van der Waals surface area contributed by atoms with E-state index in [4.69, 9.17) is 16.7 Å². The summed E-state index contributed by atoms with van der Waals surface area (Å²) in [7, 11) is 0. The highest BCUT2D eigenvalue weighted by Gasteiger charge is 2.43. The largest absolute Gasteiger partial charge is 0.478 e. The highest BCUT2D eigenvalue weighted by Crippen LogP contribution is 2.48. The summed E-state index contributed by atoms with van der Waals surface area (Å²) in [6, 6.07) is 1.52. The van der Waals surface area contributed by atoms with Crippen LogP contribution in [0.3, 0.4) is 0 Å². The first-order valence-corrected chi connectivity index (χ1v) is 6.82. The van der Waals surface area contributed by atoms with E-state index in [0.717, 1.165) is 12.8 Å². The number of aromatic nitrogens is 3. The van der Waals surface area contributed by atoms with Gasteiger partial charge >= 0.3 is 5.97 Å². The van der Waals surface area contributed by atoms with Gasteiger partial charge in [0.15, 0.2) is 5.65 Å². The Morgan fingerprint density at radius 2 is 2.30 bits per heavy atom. The molecule has 0 amide bonds. The molecule has 2 heterocycles. The van der Waals surface area contributed by atoms with E-state index in [9.17, 15) is 9.18 Å². The van der Waals surface area contributed by atoms with Crippen molar-refractivity contribution in [1.82, 2.24) is 14.5 Å². The van der Waals surface area contributed by atoms with Gasteiger partial charge in [-0.15, -0.1) is 11.6 Å². The molecule has 3 rings (SSSR count). The molecule has 1 aliphatic rings. The molecular formula is C13H13ClFN3O2. The summed E-state index contributed by atoms with van der Waals surface area (Å²) in [4.78, 5) is 19.4. The van der Waals surface area contributed by atoms with Gasteiger partial charge in [0, 0.05) is 18.2 Å². The number of nitrogens with zero attached hydrogens (tertiary/aromatic N) is 3. The molecule has 106 valence electrons. The van der Waals surface area contributed by atoms with Crippen LogP contribution in [0.2, 0.25) is 0 Å². The monoisotopic (exact) mass is 297 g/mol. The van der Waals surface area contributed by atoms with Gasteiger partial charge in [-0.3, -0.25) is 4.39 Å². The van der Waals surface area contributed by atoms with Gasteiger partial charge in [-0.25, -0.2) is 14.8 Å². The Morgan fingerprint density at radius 3 is 2.85 bits per heavy atom. The normalized spacial score (nSPS) is 16.5. The van der Waals surface area contributed by atoms with Crippen LogP contribution in [0.4, 0.5) is 4.39 Å². The van der Waals surface area contributed by atoms with Crippen molar-refractivity contribution < 1.29 is 14.3 Å². The smallest absolute Gasteiger partial charge is 0.337 e. The van der Waals surface area contributed by atoms with E-state index >= 15 is 0 Å². The van der Waals surface area contributed by atoms with Crippen molar-refractivity contribution in [3.05, 3.63) is 23.7 Å². The summed E-state index contributed by atoms with van der Waals surface area (Å²) in [5.41, 5.74) is 0.790. The second-order valence-electron chi connectivity index (χ2n) is 5.25. The van der Waals surface area contributed by atoms with Crippen LogP contribution in [0.25, 0.3) is 11.2 Å². The van der Waals surface area contributed by atoms with Crippen LogP contribution >= 0.6 is 11.6 Å². The van der Waals surface area contributed by atoms with Gasteiger partial charge in [0.25, 0.3) is 0 Å². The number of carboxylic acids is 1. The van der Waals surface area contributed by atoms with Crippen molar-refractivity contribution in [1.29, 1.82) is 0 Å². The van der Waals surface area contributed by atoms with Gasteiger partial charge in [0.05, 0.1) is 23.6 Å². The molecule has 20 heavy (non-hydrogen) atoms. The number of carboxylic acid groups (broad SMARTS) is 1. The Morgan fingerprint density at radius 1 is 1.55 bits per heavy atom. The average Bonchev–Trinajstić information content (AvgIpc) is 3.14. The van der Waals surface area contributed by atoms with Crippen LogP contribution in [0.1, 0.15) is 29.0 Å². The fourth-order valence-corrected chi connectivity index (χ4v) is 2.50. The average molecular weight is 298 g/mol. The first kappa shape index (κ1) is 13.3. The fourth-order valence-electron chi connectivity index (χ4n) is 2.29. The first-order chi connectivity index (χ1) is 9.58. The summed E-state index contributed by atoms with van der Waals surface area (Å²) >= 11 is 5.88. The number of alkyl halides is 2. The minimum atomic E-state index is -1.05. The molecule has 0 radical (unpaired) electrons. The maximum Gasteiger partial charge on any atom is 0.337 e. The summed E-state index contributed by atoms with van der Waals surface area (Å²) in [5.74, 6) is -0.274. The highest BCUT2D eigenvalue weighted by molar-refractivity contribution is 6.16. The number of rotatable bonds is 5. The summed E-state index contributed by atoms with van der Waals surface area (Å²) in [6.07, 6.45) is 2.93. The molecule has 0 saturated heterocycles. The lowest BCUT2D eigenvalue weighted by Gasteiger charge is -2.14. The van der Waals surface area contributed by atoms with Crippen molar-refractivity contribution in [3.8, 4) is 0 Å². The minimum absolute atomic E-state index is 0.0878. The maximum absolute atomic E-state index is 13.1. The molecular weight excluding hydrogens is 285 g/mol. The quantitative estimate of drug-likeness (QED) is 0.861. The van der Waals surface area contributed by atoms with Crippen LogP contribution < -0.4 is 0 Å².